The van der Waals surface area contributed by atoms with Crippen molar-refractivity contribution in [3.8, 4) is 11.5 Å². The Balaban J connectivity index is 2.01. The summed E-state index contributed by atoms with van der Waals surface area (Å²) in [5, 5.41) is 9.82. The summed E-state index contributed by atoms with van der Waals surface area (Å²) < 4.78 is 5.66. The molecule has 0 radical (unpaired) electrons. The number of fused-ring (bicyclic) bond motifs is 1. The van der Waals surface area contributed by atoms with Gasteiger partial charge in [-0.05, 0) is 45.3 Å². The SMILES string of the molecule is COc1cc(/C=C2\Cc3ccccc3C2=O)cc(Br)c1O. The Morgan fingerprint density at radius 2 is 2.05 bits per heavy atom. The van der Waals surface area contributed by atoms with Crippen LogP contribution in [0.4, 0.5) is 0 Å². The molecule has 0 amide bonds. The quantitative estimate of drug-likeness (QED) is 0.838. The number of rotatable bonds is 2. The third-order valence-corrected chi connectivity index (χ3v) is 4.15. The molecule has 0 aliphatic heterocycles. The number of ketones is 1. The number of hydrogen-bond acceptors (Lipinski definition) is 3. The highest BCUT2D eigenvalue weighted by molar-refractivity contribution is 9.10. The lowest BCUT2D eigenvalue weighted by Gasteiger charge is -2.07. The summed E-state index contributed by atoms with van der Waals surface area (Å²) in [5.41, 5.74) is 3.38. The maximum Gasteiger partial charge on any atom is 0.189 e. The second-order valence-corrected chi connectivity index (χ2v) is 5.74. The fraction of sp³-hybridized carbons (Fsp3) is 0.118. The molecule has 3 rings (SSSR count). The zero-order chi connectivity index (χ0) is 15.0. The highest BCUT2D eigenvalue weighted by Crippen LogP contribution is 2.36. The van der Waals surface area contributed by atoms with E-state index in [1.807, 2.05) is 30.3 Å². The summed E-state index contributed by atoms with van der Waals surface area (Å²) in [4.78, 5) is 12.3. The highest BCUT2D eigenvalue weighted by Gasteiger charge is 2.24. The Labute approximate surface area is 131 Å². The standard InChI is InChI=1S/C17H13BrO3/c1-21-15-8-10(7-14(18)17(15)20)6-12-9-11-4-2-3-5-13(11)16(12)19/h2-8,20H,9H2,1H3/b12-6+. The minimum atomic E-state index is 0.0562. The molecule has 21 heavy (non-hydrogen) atoms. The van der Waals surface area contributed by atoms with E-state index in [0.29, 0.717) is 16.6 Å². The van der Waals surface area contributed by atoms with Crippen LogP contribution in [0.5, 0.6) is 11.5 Å². The van der Waals surface area contributed by atoms with E-state index in [-0.39, 0.29) is 11.5 Å². The molecular weight excluding hydrogens is 332 g/mol. The first-order chi connectivity index (χ1) is 10.1. The maximum absolute atomic E-state index is 12.3. The van der Waals surface area contributed by atoms with Gasteiger partial charge < -0.3 is 9.84 Å². The monoisotopic (exact) mass is 344 g/mol. The number of ether oxygens (including phenoxy) is 1. The van der Waals surface area contributed by atoms with Crippen molar-refractivity contribution in [2.45, 2.75) is 6.42 Å². The lowest BCUT2D eigenvalue weighted by atomic mass is 10.1. The molecule has 0 spiro atoms. The van der Waals surface area contributed by atoms with Crippen LogP contribution in [-0.2, 0) is 6.42 Å². The molecule has 0 saturated heterocycles. The highest BCUT2D eigenvalue weighted by atomic mass is 79.9. The summed E-state index contributed by atoms with van der Waals surface area (Å²) in [5.74, 6) is 0.494. The lowest BCUT2D eigenvalue weighted by molar-refractivity contribution is 0.104. The van der Waals surface area contributed by atoms with Crippen molar-refractivity contribution in [1.82, 2.24) is 0 Å². The third-order valence-electron chi connectivity index (χ3n) is 3.55. The van der Waals surface area contributed by atoms with Crippen LogP contribution < -0.4 is 4.74 Å². The Morgan fingerprint density at radius 1 is 1.29 bits per heavy atom. The number of phenolic OH excluding ortho intramolecular Hbond substituents is 1. The Hall–Kier alpha value is -2.07. The summed E-state index contributed by atoms with van der Waals surface area (Å²) in [7, 11) is 1.50. The maximum atomic E-state index is 12.3. The molecule has 0 fully saturated rings. The predicted octanol–water partition coefficient (Wildman–Crippen LogP) is 3.99. The van der Waals surface area contributed by atoms with Crippen molar-refractivity contribution in [3.63, 3.8) is 0 Å². The number of halogens is 1. The molecule has 0 heterocycles. The van der Waals surface area contributed by atoms with Crippen molar-refractivity contribution in [3.05, 3.63) is 63.1 Å². The van der Waals surface area contributed by atoms with E-state index in [0.717, 1.165) is 22.3 Å². The van der Waals surface area contributed by atoms with E-state index in [9.17, 15) is 9.90 Å². The van der Waals surface area contributed by atoms with E-state index >= 15 is 0 Å². The second kappa shape index (κ2) is 5.37. The van der Waals surface area contributed by atoms with Crippen LogP contribution in [0.15, 0.2) is 46.4 Å². The van der Waals surface area contributed by atoms with Crippen LogP contribution >= 0.6 is 15.9 Å². The first kappa shape index (κ1) is 13.9. The number of carbonyl (C=O) groups excluding carboxylic acids is 1. The van der Waals surface area contributed by atoms with Gasteiger partial charge in [-0.1, -0.05) is 24.3 Å². The van der Waals surface area contributed by atoms with Crippen LogP contribution in [0.2, 0.25) is 0 Å². The van der Waals surface area contributed by atoms with Gasteiger partial charge in [0.1, 0.15) is 0 Å². The normalized spacial score (nSPS) is 15.3. The van der Waals surface area contributed by atoms with Gasteiger partial charge in [-0.25, -0.2) is 0 Å². The largest absolute Gasteiger partial charge is 0.503 e. The van der Waals surface area contributed by atoms with Crippen molar-refractivity contribution >= 4 is 27.8 Å². The molecule has 4 heteroatoms. The van der Waals surface area contributed by atoms with Crippen molar-refractivity contribution in [2.75, 3.05) is 7.11 Å². The average molecular weight is 345 g/mol. The number of benzene rings is 2. The minimum Gasteiger partial charge on any atom is -0.503 e. The number of aromatic hydroxyl groups is 1. The molecule has 1 aliphatic carbocycles. The van der Waals surface area contributed by atoms with Crippen LogP contribution in [0.3, 0.4) is 0 Å². The number of allylic oxidation sites excluding steroid dienone is 1. The van der Waals surface area contributed by atoms with Gasteiger partial charge in [0.25, 0.3) is 0 Å². The topological polar surface area (TPSA) is 46.5 Å². The summed E-state index contributed by atoms with van der Waals surface area (Å²) in [6.45, 7) is 0. The molecule has 2 aromatic rings. The van der Waals surface area contributed by atoms with Gasteiger partial charge in [-0.15, -0.1) is 0 Å². The summed E-state index contributed by atoms with van der Waals surface area (Å²) in [6, 6.07) is 11.1. The molecule has 3 nitrogen and oxygen atoms in total. The number of phenols is 1. The average Bonchev–Trinajstić information content (AvgIpc) is 2.79. The van der Waals surface area contributed by atoms with E-state index in [4.69, 9.17) is 4.74 Å². The summed E-state index contributed by atoms with van der Waals surface area (Å²) in [6.07, 6.45) is 2.48. The Morgan fingerprint density at radius 3 is 2.76 bits per heavy atom. The smallest absolute Gasteiger partial charge is 0.189 e. The van der Waals surface area contributed by atoms with Gasteiger partial charge in [0.05, 0.1) is 11.6 Å². The van der Waals surface area contributed by atoms with Crippen LogP contribution in [0.25, 0.3) is 6.08 Å². The predicted molar refractivity (Wildman–Crippen MR) is 84.8 cm³/mol. The molecular formula is C17H13BrO3. The number of Topliss-reactive ketones (excluding diaryl/α,β-unsaturated/α-hetero) is 1. The molecule has 2 aromatic carbocycles. The molecule has 106 valence electrons. The van der Waals surface area contributed by atoms with Crippen molar-refractivity contribution in [1.29, 1.82) is 0 Å². The molecule has 0 unspecified atom stereocenters. The number of methoxy groups -OCH3 is 1. The summed E-state index contributed by atoms with van der Waals surface area (Å²) >= 11 is 3.29. The van der Waals surface area contributed by atoms with Crippen LogP contribution in [-0.4, -0.2) is 18.0 Å². The van der Waals surface area contributed by atoms with Gasteiger partial charge in [0.2, 0.25) is 0 Å². The van der Waals surface area contributed by atoms with Gasteiger partial charge in [0.15, 0.2) is 17.3 Å². The Kier molecular flexibility index (Phi) is 3.55. The fourth-order valence-electron chi connectivity index (χ4n) is 2.50. The molecule has 0 atom stereocenters. The third kappa shape index (κ3) is 2.47. The Bertz CT molecular complexity index is 763. The van der Waals surface area contributed by atoms with Crippen LogP contribution in [0.1, 0.15) is 21.5 Å². The van der Waals surface area contributed by atoms with E-state index < -0.39 is 0 Å². The fourth-order valence-corrected chi connectivity index (χ4v) is 2.96. The van der Waals surface area contributed by atoms with Crippen molar-refractivity contribution in [2.24, 2.45) is 0 Å². The van der Waals surface area contributed by atoms with Gasteiger partial charge in [-0.3, -0.25) is 4.79 Å². The number of carbonyl (C=O) groups is 1. The molecule has 0 saturated carbocycles. The van der Waals surface area contributed by atoms with Gasteiger partial charge in [-0.2, -0.15) is 0 Å². The van der Waals surface area contributed by atoms with Gasteiger partial charge in [0, 0.05) is 17.6 Å². The van der Waals surface area contributed by atoms with Crippen molar-refractivity contribution < 1.29 is 14.6 Å². The molecule has 1 aliphatic rings. The zero-order valence-electron chi connectivity index (χ0n) is 11.4. The minimum absolute atomic E-state index is 0.0562. The van der Waals surface area contributed by atoms with E-state index in [2.05, 4.69) is 15.9 Å². The number of hydrogen-bond donors (Lipinski definition) is 1. The van der Waals surface area contributed by atoms with Gasteiger partial charge >= 0.3 is 0 Å². The first-order valence-corrected chi connectivity index (χ1v) is 7.29. The van der Waals surface area contributed by atoms with E-state index in [1.165, 1.54) is 7.11 Å². The zero-order valence-corrected chi connectivity index (χ0v) is 13.0. The van der Waals surface area contributed by atoms with Crippen LogP contribution in [0, 0.1) is 0 Å². The first-order valence-electron chi connectivity index (χ1n) is 6.50. The lowest BCUT2D eigenvalue weighted by Crippen LogP contribution is -1.95. The molecule has 0 bridgehead atoms. The molecule has 1 N–H and O–H groups in total. The second-order valence-electron chi connectivity index (χ2n) is 4.89. The van der Waals surface area contributed by atoms with E-state index in [1.54, 1.807) is 12.1 Å². The molecule has 0 aromatic heterocycles.